The Morgan fingerprint density at radius 1 is 1.21 bits per heavy atom. The molecule has 2 aliphatic carbocycles. The second kappa shape index (κ2) is 9.49. The van der Waals surface area contributed by atoms with Crippen LogP contribution >= 0.6 is 0 Å². The first kappa shape index (κ1) is 23.8. The van der Waals surface area contributed by atoms with Crippen LogP contribution in [0.4, 0.5) is 4.79 Å². The Morgan fingerprint density at radius 2 is 1.91 bits per heavy atom. The van der Waals surface area contributed by atoms with Gasteiger partial charge in [0.2, 0.25) is 0 Å². The van der Waals surface area contributed by atoms with E-state index in [1.54, 1.807) is 4.90 Å². The number of piperidine rings is 1. The summed E-state index contributed by atoms with van der Waals surface area (Å²) in [6.45, 7) is 6.82. The normalized spacial score (nSPS) is 27.8. The minimum absolute atomic E-state index is 0.0993. The van der Waals surface area contributed by atoms with Crippen molar-refractivity contribution in [2.45, 2.75) is 76.8 Å². The summed E-state index contributed by atoms with van der Waals surface area (Å²) in [5, 5.41) is 15.9. The maximum absolute atomic E-state index is 13.5. The predicted octanol–water partition coefficient (Wildman–Crippen LogP) is 2.87. The summed E-state index contributed by atoms with van der Waals surface area (Å²) in [5.41, 5.74) is -0.921. The number of allylic oxidation sites excluding steroid dienone is 2. The fourth-order valence-corrected chi connectivity index (χ4v) is 6.20. The van der Waals surface area contributed by atoms with Crippen LogP contribution in [0.1, 0.15) is 65.2 Å². The Bertz CT molecular complexity index is 837. The third-order valence-electron chi connectivity index (χ3n) is 8.07. The zero-order valence-corrected chi connectivity index (χ0v) is 19.9. The average molecular weight is 459 g/mol. The van der Waals surface area contributed by atoms with Gasteiger partial charge in [-0.2, -0.15) is 0 Å². The predicted molar refractivity (Wildman–Crippen MR) is 125 cm³/mol. The van der Waals surface area contributed by atoms with Crippen LogP contribution < -0.4 is 10.6 Å². The first-order valence-electron chi connectivity index (χ1n) is 12.5. The van der Waals surface area contributed by atoms with E-state index in [1.807, 2.05) is 32.1 Å². The Morgan fingerprint density at radius 3 is 2.55 bits per heavy atom. The number of carbonyl (C=O) groups excluding carboxylic acids is 2. The van der Waals surface area contributed by atoms with Gasteiger partial charge in [-0.1, -0.05) is 31.4 Å². The summed E-state index contributed by atoms with van der Waals surface area (Å²) in [6, 6.07) is -0.323. The van der Waals surface area contributed by atoms with Gasteiger partial charge in [-0.25, -0.2) is 4.79 Å². The first-order valence-corrected chi connectivity index (χ1v) is 12.5. The number of rotatable bonds is 7. The highest BCUT2D eigenvalue weighted by Gasteiger charge is 2.55. The second-order valence-corrected chi connectivity index (χ2v) is 10.5. The van der Waals surface area contributed by atoms with E-state index in [0.717, 1.165) is 58.0 Å². The van der Waals surface area contributed by atoms with E-state index < -0.39 is 16.9 Å². The topological polar surface area (TPSA) is 102 Å². The van der Waals surface area contributed by atoms with Gasteiger partial charge < -0.3 is 25.5 Å². The Kier molecular flexibility index (Phi) is 6.84. The van der Waals surface area contributed by atoms with Crippen LogP contribution in [-0.2, 0) is 9.59 Å². The number of fused-ring (bicyclic) bond motifs is 1. The molecule has 2 heterocycles. The number of nitrogens with zero attached hydrogens (tertiary/aromatic N) is 2. The lowest BCUT2D eigenvalue weighted by molar-refractivity contribution is -0.152. The lowest BCUT2D eigenvalue weighted by atomic mass is 9.73. The van der Waals surface area contributed by atoms with Crippen molar-refractivity contribution in [2.24, 2.45) is 11.3 Å². The highest BCUT2D eigenvalue weighted by atomic mass is 16.4. The molecule has 0 bridgehead atoms. The van der Waals surface area contributed by atoms with E-state index in [1.165, 1.54) is 0 Å². The molecule has 3 amide bonds. The number of nitrogens with one attached hydrogen (secondary N) is 2. The number of likely N-dealkylation sites (tertiary alicyclic amines) is 1. The van der Waals surface area contributed by atoms with E-state index in [2.05, 4.69) is 15.5 Å². The van der Waals surface area contributed by atoms with Crippen LogP contribution in [0.5, 0.6) is 0 Å². The third-order valence-corrected chi connectivity index (χ3v) is 8.07. The number of hydrogen-bond donors (Lipinski definition) is 3. The van der Waals surface area contributed by atoms with E-state index in [0.29, 0.717) is 31.1 Å². The quantitative estimate of drug-likeness (QED) is 0.545. The van der Waals surface area contributed by atoms with Crippen molar-refractivity contribution in [2.75, 3.05) is 26.2 Å². The summed E-state index contributed by atoms with van der Waals surface area (Å²) >= 11 is 0. The Hall–Kier alpha value is -2.35. The minimum atomic E-state index is -0.991. The maximum atomic E-state index is 13.5. The molecular formula is C25H38N4O4. The molecule has 3 fully saturated rings. The second-order valence-electron chi connectivity index (χ2n) is 10.5. The lowest BCUT2D eigenvalue weighted by Gasteiger charge is -2.41. The van der Waals surface area contributed by atoms with Gasteiger partial charge in [0.25, 0.3) is 5.91 Å². The summed E-state index contributed by atoms with van der Waals surface area (Å²) in [4.78, 5) is 42.0. The van der Waals surface area contributed by atoms with E-state index in [4.69, 9.17) is 0 Å². The molecule has 8 heteroatoms. The average Bonchev–Trinajstić information content (AvgIpc) is 3.12. The fourth-order valence-electron chi connectivity index (χ4n) is 6.20. The van der Waals surface area contributed by atoms with Gasteiger partial charge >= 0.3 is 12.0 Å². The Labute approximate surface area is 196 Å². The molecule has 0 aromatic heterocycles. The summed E-state index contributed by atoms with van der Waals surface area (Å²) in [7, 11) is 0. The molecule has 1 atom stereocenters. The molecular weight excluding hydrogens is 420 g/mol. The number of hydrogen-bond acceptors (Lipinski definition) is 4. The van der Waals surface area contributed by atoms with Crippen molar-refractivity contribution in [3.8, 4) is 0 Å². The smallest absolute Gasteiger partial charge is 0.323 e. The number of carboxylic acids is 1. The zero-order valence-electron chi connectivity index (χ0n) is 19.9. The molecule has 2 aliphatic heterocycles. The van der Waals surface area contributed by atoms with E-state index in [9.17, 15) is 19.5 Å². The van der Waals surface area contributed by atoms with Gasteiger partial charge in [-0.15, -0.1) is 0 Å². The molecule has 1 unspecified atom stereocenters. The van der Waals surface area contributed by atoms with Crippen molar-refractivity contribution >= 4 is 17.9 Å². The standard InChI is InChI=1S/C25H38N4O4/c1-18(2)29-23(33)27-20-8-4-7-13-25(20,29)21(30)26-16-19-9-14-28(15-10-19)17-24(22(31)32)11-5-3-6-12-24/h4,7-8,18-19H,3,5-6,9-17H2,1-2H3,(H,26,30)(H,27,33)(H,31,32). The van der Waals surface area contributed by atoms with E-state index >= 15 is 0 Å². The molecule has 1 saturated carbocycles. The number of amides is 3. The van der Waals surface area contributed by atoms with Crippen LogP contribution in [0.2, 0.25) is 0 Å². The molecule has 2 saturated heterocycles. The lowest BCUT2D eigenvalue weighted by Crippen LogP contribution is -2.60. The summed E-state index contributed by atoms with van der Waals surface area (Å²) in [5.74, 6) is -0.409. The largest absolute Gasteiger partial charge is 0.481 e. The molecule has 0 radical (unpaired) electrons. The molecule has 0 spiro atoms. The zero-order chi connectivity index (χ0) is 23.6. The molecule has 182 valence electrons. The minimum Gasteiger partial charge on any atom is -0.481 e. The highest BCUT2D eigenvalue weighted by molar-refractivity contribution is 5.99. The van der Waals surface area contributed by atoms with Gasteiger partial charge in [-0.3, -0.25) is 9.59 Å². The Balaban J connectivity index is 1.33. The molecule has 33 heavy (non-hydrogen) atoms. The molecule has 0 aromatic carbocycles. The molecule has 3 N–H and O–H groups in total. The molecule has 8 nitrogen and oxygen atoms in total. The van der Waals surface area contributed by atoms with Crippen molar-refractivity contribution in [1.29, 1.82) is 0 Å². The van der Waals surface area contributed by atoms with Gasteiger partial charge in [0.05, 0.1) is 11.1 Å². The van der Waals surface area contributed by atoms with E-state index in [-0.39, 0.29) is 18.0 Å². The van der Waals surface area contributed by atoms with Crippen LogP contribution in [0.25, 0.3) is 0 Å². The van der Waals surface area contributed by atoms with Crippen LogP contribution in [0.3, 0.4) is 0 Å². The monoisotopic (exact) mass is 458 g/mol. The molecule has 4 rings (SSSR count). The van der Waals surface area contributed by atoms with Crippen LogP contribution in [0.15, 0.2) is 23.9 Å². The number of carbonyl (C=O) groups is 3. The SMILES string of the molecule is CC(C)N1C(=O)NC2=CC=CCC21C(=O)NCC1CCN(CC2(C(=O)O)CCCCC2)CC1. The molecule has 4 aliphatic rings. The maximum Gasteiger partial charge on any atom is 0.323 e. The number of aliphatic carboxylic acids is 1. The van der Waals surface area contributed by atoms with Crippen LogP contribution in [-0.4, -0.2) is 70.6 Å². The van der Waals surface area contributed by atoms with Crippen molar-refractivity contribution in [3.63, 3.8) is 0 Å². The van der Waals surface area contributed by atoms with Crippen LogP contribution in [0, 0.1) is 11.3 Å². The van der Waals surface area contributed by atoms with Crippen molar-refractivity contribution in [3.05, 3.63) is 23.9 Å². The fraction of sp³-hybridized carbons (Fsp3) is 0.720. The van der Waals surface area contributed by atoms with Crippen molar-refractivity contribution in [1.82, 2.24) is 20.4 Å². The van der Waals surface area contributed by atoms with Crippen molar-refractivity contribution < 1.29 is 19.5 Å². The van der Waals surface area contributed by atoms with Gasteiger partial charge in [0.15, 0.2) is 5.54 Å². The molecule has 0 aromatic rings. The first-order chi connectivity index (χ1) is 15.8. The highest BCUT2D eigenvalue weighted by Crippen LogP contribution is 2.39. The van der Waals surface area contributed by atoms with Gasteiger partial charge in [0, 0.05) is 25.6 Å². The third kappa shape index (κ3) is 4.42. The summed E-state index contributed by atoms with van der Waals surface area (Å²) in [6.07, 6.45) is 12.7. The number of urea groups is 1. The number of carboxylic acid groups (broad SMARTS) is 1. The summed E-state index contributed by atoms with van der Waals surface area (Å²) < 4.78 is 0. The van der Waals surface area contributed by atoms with Gasteiger partial charge in [-0.05, 0) is 64.6 Å². The van der Waals surface area contributed by atoms with Gasteiger partial charge in [0.1, 0.15) is 0 Å².